The first kappa shape index (κ1) is 10.6. The largest absolute Gasteiger partial charge is 0.339 e. The zero-order valence-electron chi connectivity index (χ0n) is 10.1. The fourth-order valence-corrected chi connectivity index (χ4v) is 2.77. The minimum Gasteiger partial charge on any atom is -0.339 e. The van der Waals surface area contributed by atoms with E-state index in [4.69, 9.17) is 0 Å². The standard InChI is InChI=1S/C15H17NO/c1-11-2-4-12(5-3-11)10-14-13-6-8-16(9-7-13)15(14)17/h2-5,10,13H,6-9H2,1H3/b14-10+. The van der Waals surface area contributed by atoms with Crippen molar-refractivity contribution >= 4 is 12.0 Å². The molecule has 88 valence electrons. The Kier molecular flexibility index (Phi) is 2.50. The van der Waals surface area contributed by atoms with Crippen molar-refractivity contribution in [2.75, 3.05) is 13.1 Å². The average molecular weight is 227 g/mol. The van der Waals surface area contributed by atoms with Crippen LogP contribution in [0.5, 0.6) is 0 Å². The molecular weight excluding hydrogens is 210 g/mol. The number of hydrogen-bond acceptors (Lipinski definition) is 1. The molecule has 2 heteroatoms. The summed E-state index contributed by atoms with van der Waals surface area (Å²) in [5, 5.41) is 0. The van der Waals surface area contributed by atoms with Crippen molar-refractivity contribution in [3.05, 3.63) is 41.0 Å². The van der Waals surface area contributed by atoms with Crippen LogP contribution in [0.3, 0.4) is 0 Å². The Morgan fingerprint density at radius 1 is 1.18 bits per heavy atom. The van der Waals surface area contributed by atoms with Gasteiger partial charge in [0.25, 0.3) is 0 Å². The Morgan fingerprint density at radius 2 is 1.82 bits per heavy atom. The number of nitrogens with zero attached hydrogens (tertiary/aromatic N) is 1. The molecule has 2 bridgehead atoms. The number of hydrogen-bond donors (Lipinski definition) is 0. The Bertz CT molecular complexity index is 464. The lowest BCUT2D eigenvalue weighted by molar-refractivity contribution is -0.132. The molecule has 4 rings (SSSR count). The number of rotatable bonds is 1. The van der Waals surface area contributed by atoms with Crippen molar-refractivity contribution in [1.82, 2.24) is 4.90 Å². The zero-order chi connectivity index (χ0) is 11.8. The van der Waals surface area contributed by atoms with Crippen molar-refractivity contribution in [1.29, 1.82) is 0 Å². The van der Waals surface area contributed by atoms with E-state index < -0.39 is 0 Å². The van der Waals surface area contributed by atoms with Crippen LogP contribution in [0.25, 0.3) is 6.08 Å². The number of piperidine rings is 3. The maximum Gasteiger partial charge on any atom is 0.250 e. The second-order valence-corrected chi connectivity index (χ2v) is 5.08. The van der Waals surface area contributed by atoms with Gasteiger partial charge in [0.2, 0.25) is 5.91 Å². The van der Waals surface area contributed by atoms with Crippen LogP contribution in [0, 0.1) is 12.8 Å². The molecule has 3 aliphatic heterocycles. The topological polar surface area (TPSA) is 20.3 Å². The SMILES string of the molecule is Cc1ccc(/C=C2/C(=O)N3CCC2CC3)cc1. The third-order valence-electron chi connectivity index (χ3n) is 3.87. The van der Waals surface area contributed by atoms with Crippen molar-refractivity contribution in [2.45, 2.75) is 19.8 Å². The van der Waals surface area contributed by atoms with Crippen molar-refractivity contribution in [3.8, 4) is 0 Å². The molecule has 3 fully saturated rings. The minimum atomic E-state index is 0.257. The van der Waals surface area contributed by atoms with E-state index in [2.05, 4.69) is 37.3 Å². The van der Waals surface area contributed by atoms with Gasteiger partial charge < -0.3 is 4.90 Å². The molecule has 0 spiro atoms. The molecule has 0 saturated carbocycles. The summed E-state index contributed by atoms with van der Waals surface area (Å²) in [6, 6.07) is 8.37. The van der Waals surface area contributed by atoms with Crippen LogP contribution in [-0.4, -0.2) is 23.9 Å². The molecule has 0 radical (unpaired) electrons. The highest BCUT2D eigenvalue weighted by atomic mass is 16.2. The van der Waals surface area contributed by atoms with Gasteiger partial charge in [-0.3, -0.25) is 4.79 Å². The van der Waals surface area contributed by atoms with Gasteiger partial charge in [-0.15, -0.1) is 0 Å². The monoisotopic (exact) mass is 227 g/mol. The summed E-state index contributed by atoms with van der Waals surface area (Å²) in [6.45, 7) is 3.99. The predicted octanol–water partition coefficient (Wildman–Crippen LogP) is 2.63. The van der Waals surface area contributed by atoms with E-state index in [1.807, 2.05) is 4.90 Å². The number of aryl methyl sites for hydroxylation is 1. The molecule has 0 aliphatic carbocycles. The van der Waals surface area contributed by atoms with Crippen LogP contribution in [0.1, 0.15) is 24.0 Å². The van der Waals surface area contributed by atoms with E-state index in [9.17, 15) is 4.79 Å². The third-order valence-corrected chi connectivity index (χ3v) is 3.87. The van der Waals surface area contributed by atoms with Crippen LogP contribution >= 0.6 is 0 Å². The van der Waals surface area contributed by atoms with Gasteiger partial charge >= 0.3 is 0 Å². The van der Waals surface area contributed by atoms with Gasteiger partial charge in [-0.05, 0) is 37.3 Å². The van der Waals surface area contributed by atoms with Gasteiger partial charge in [-0.25, -0.2) is 0 Å². The highest BCUT2D eigenvalue weighted by Gasteiger charge is 2.35. The van der Waals surface area contributed by atoms with E-state index >= 15 is 0 Å². The molecule has 2 nitrogen and oxygen atoms in total. The molecule has 1 aromatic rings. The van der Waals surface area contributed by atoms with E-state index in [0.29, 0.717) is 5.92 Å². The van der Waals surface area contributed by atoms with Crippen LogP contribution in [-0.2, 0) is 4.79 Å². The van der Waals surface area contributed by atoms with Crippen molar-refractivity contribution in [2.24, 2.45) is 5.92 Å². The van der Waals surface area contributed by atoms with Gasteiger partial charge in [-0.2, -0.15) is 0 Å². The van der Waals surface area contributed by atoms with Crippen LogP contribution in [0.15, 0.2) is 29.8 Å². The molecule has 1 aromatic carbocycles. The van der Waals surface area contributed by atoms with Gasteiger partial charge in [0.1, 0.15) is 0 Å². The lowest BCUT2D eigenvalue weighted by Crippen LogP contribution is -2.47. The average Bonchev–Trinajstić information content (AvgIpc) is 2.37. The molecule has 17 heavy (non-hydrogen) atoms. The molecular formula is C15H17NO. The van der Waals surface area contributed by atoms with E-state index in [1.54, 1.807) is 0 Å². The highest BCUT2D eigenvalue weighted by Crippen LogP contribution is 2.33. The Labute approximate surface area is 102 Å². The van der Waals surface area contributed by atoms with Crippen LogP contribution in [0.4, 0.5) is 0 Å². The maximum absolute atomic E-state index is 12.1. The molecule has 0 atom stereocenters. The first-order chi connectivity index (χ1) is 8.24. The van der Waals surface area contributed by atoms with Crippen molar-refractivity contribution in [3.63, 3.8) is 0 Å². The highest BCUT2D eigenvalue weighted by molar-refractivity contribution is 5.99. The summed E-state index contributed by atoms with van der Waals surface area (Å²) in [7, 11) is 0. The second kappa shape index (κ2) is 4.02. The molecule has 3 aliphatic rings. The summed E-state index contributed by atoms with van der Waals surface area (Å²) in [5.41, 5.74) is 3.42. The van der Waals surface area contributed by atoms with E-state index in [-0.39, 0.29) is 5.91 Å². The number of carbonyl (C=O) groups is 1. The fraction of sp³-hybridized carbons (Fsp3) is 0.400. The zero-order valence-corrected chi connectivity index (χ0v) is 10.1. The number of carbonyl (C=O) groups excluding carboxylic acids is 1. The first-order valence-corrected chi connectivity index (χ1v) is 6.31. The number of fused-ring (bicyclic) bond motifs is 3. The first-order valence-electron chi connectivity index (χ1n) is 6.31. The van der Waals surface area contributed by atoms with E-state index in [1.165, 1.54) is 5.56 Å². The third kappa shape index (κ3) is 1.88. The summed E-state index contributed by atoms with van der Waals surface area (Å²) in [4.78, 5) is 14.1. The van der Waals surface area contributed by atoms with Crippen molar-refractivity contribution < 1.29 is 4.79 Å². The molecule has 3 saturated heterocycles. The molecule has 3 heterocycles. The Morgan fingerprint density at radius 3 is 2.41 bits per heavy atom. The lowest BCUT2D eigenvalue weighted by Gasteiger charge is -2.40. The van der Waals surface area contributed by atoms with Crippen LogP contribution in [0.2, 0.25) is 0 Å². The molecule has 0 N–H and O–H groups in total. The number of benzene rings is 1. The van der Waals surface area contributed by atoms with Gasteiger partial charge in [-0.1, -0.05) is 29.8 Å². The second-order valence-electron chi connectivity index (χ2n) is 5.08. The van der Waals surface area contributed by atoms with Gasteiger partial charge in [0, 0.05) is 18.7 Å². The van der Waals surface area contributed by atoms with E-state index in [0.717, 1.165) is 37.1 Å². The lowest BCUT2D eigenvalue weighted by atomic mass is 9.82. The molecule has 0 unspecified atom stereocenters. The maximum atomic E-state index is 12.1. The van der Waals surface area contributed by atoms with Gasteiger partial charge in [0.15, 0.2) is 0 Å². The van der Waals surface area contributed by atoms with Gasteiger partial charge in [0.05, 0.1) is 0 Å². The fourth-order valence-electron chi connectivity index (χ4n) is 2.77. The summed E-state index contributed by atoms with van der Waals surface area (Å²) >= 11 is 0. The number of amides is 1. The Hall–Kier alpha value is -1.57. The quantitative estimate of drug-likeness (QED) is 0.675. The summed E-state index contributed by atoms with van der Waals surface area (Å²) < 4.78 is 0. The van der Waals surface area contributed by atoms with Crippen LogP contribution < -0.4 is 0 Å². The Balaban J connectivity index is 1.93. The smallest absolute Gasteiger partial charge is 0.250 e. The summed E-state index contributed by atoms with van der Waals surface area (Å²) in [6.07, 6.45) is 4.37. The normalized spacial score (nSPS) is 22.5. The minimum absolute atomic E-state index is 0.257. The molecule has 0 aromatic heterocycles. The predicted molar refractivity (Wildman–Crippen MR) is 68.5 cm³/mol. The summed E-state index contributed by atoms with van der Waals surface area (Å²) in [5.74, 6) is 0.752. The molecule has 1 amide bonds.